The zero-order chi connectivity index (χ0) is 17.9. The molecule has 1 aromatic carbocycles. The van der Waals surface area contributed by atoms with Gasteiger partial charge < -0.3 is 9.64 Å². The molecule has 1 amide bonds. The van der Waals surface area contributed by atoms with Gasteiger partial charge in [0.05, 0.1) is 24.3 Å². The van der Waals surface area contributed by atoms with Gasteiger partial charge in [0.1, 0.15) is 0 Å². The number of nitrogens with zero attached hydrogens (tertiary/aromatic N) is 2. The lowest BCUT2D eigenvalue weighted by Crippen LogP contribution is -2.50. The van der Waals surface area contributed by atoms with Crippen LogP contribution >= 0.6 is 0 Å². The quantitative estimate of drug-likeness (QED) is 0.842. The minimum Gasteiger partial charge on any atom is -0.372 e. The highest BCUT2D eigenvalue weighted by molar-refractivity contribution is 5.78. The van der Waals surface area contributed by atoms with Crippen molar-refractivity contribution in [1.29, 1.82) is 0 Å². The predicted octanol–water partition coefficient (Wildman–Crippen LogP) is 2.77. The second-order valence-corrected chi connectivity index (χ2v) is 6.43. The van der Waals surface area contributed by atoms with Crippen LogP contribution < -0.4 is 0 Å². The topological polar surface area (TPSA) is 32.8 Å². The average Bonchev–Trinajstić information content (AvgIpc) is 2.45. The second-order valence-electron chi connectivity index (χ2n) is 6.43. The maximum absolute atomic E-state index is 12.7. The number of amides is 1. The van der Waals surface area contributed by atoms with E-state index in [1.165, 1.54) is 6.07 Å². The van der Waals surface area contributed by atoms with E-state index in [2.05, 4.69) is 0 Å². The highest BCUT2D eigenvalue weighted by Gasteiger charge is 2.30. The van der Waals surface area contributed by atoms with Crippen molar-refractivity contribution in [3.63, 3.8) is 0 Å². The van der Waals surface area contributed by atoms with Gasteiger partial charge in [-0.1, -0.05) is 18.2 Å². The summed E-state index contributed by atoms with van der Waals surface area (Å²) in [6.07, 6.45) is -4.37. The summed E-state index contributed by atoms with van der Waals surface area (Å²) in [5, 5.41) is 0. The molecule has 1 saturated heterocycles. The molecule has 2 rings (SSSR count). The summed E-state index contributed by atoms with van der Waals surface area (Å²) in [4.78, 5) is 15.8. The normalized spacial score (nSPS) is 22.0. The minimum atomic E-state index is -4.36. The molecule has 7 heteroatoms. The van der Waals surface area contributed by atoms with Gasteiger partial charge in [0, 0.05) is 19.6 Å². The number of likely N-dealkylation sites (N-methyl/N-ethyl adjacent to an activating group) is 1. The minimum absolute atomic E-state index is 0.00790. The molecule has 1 aromatic rings. The van der Waals surface area contributed by atoms with Gasteiger partial charge >= 0.3 is 6.18 Å². The first kappa shape index (κ1) is 18.7. The van der Waals surface area contributed by atoms with Crippen LogP contribution in [0.25, 0.3) is 0 Å². The van der Waals surface area contributed by atoms with Crippen LogP contribution in [0.15, 0.2) is 24.3 Å². The van der Waals surface area contributed by atoms with Crippen molar-refractivity contribution in [2.75, 3.05) is 26.7 Å². The lowest BCUT2D eigenvalue weighted by Gasteiger charge is -2.36. The first-order valence-electron chi connectivity index (χ1n) is 7.93. The smallest absolute Gasteiger partial charge is 0.372 e. The average molecular weight is 344 g/mol. The van der Waals surface area contributed by atoms with E-state index in [1.807, 2.05) is 13.8 Å². The van der Waals surface area contributed by atoms with Crippen molar-refractivity contribution in [2.24, 2.45) is 0 Å². The summed E-state index contributed by atoms with van der Waals surface area (Å²) >= 11 is 0. The highest BCUT2D eigenvalue weighted by atomic mass is 19.4. The summed E-state index contributed by atoms with van der Waals surface area (Å²) in [6, 6.07) is 5.19. The van der Waals surface area contributed by atoms with Gasteiger partial charge in [0.2, 0.25) is 5.91 Å². The molecule has 0 aromatic heterocycles. The molecule has 2 atom stereocenters. The number of rotatable bonds is 4. The van der Waals surface area contributed by atoms with Crippen molar-refractivity contribution in [3.8, 4) is 0 Å². The molecule has 0 radical (unpaired) electrons. The van der Waals surface area contributed by atoms with Crippen molar-refractivity contribution < 1.29 is 22.7 Å². The van der Waals surface area contributed by atoms with Gasteiger partial charge in [0.25, 0.3) is 0 Å². The number of morpholine rings is 1. The zero-order valence-electron chi connectivity index (χ0n) is 14.1. The predicted molar refractivity (Wildman–Crippen MR) is 84.4 cm³/mol. The fraction of sp³-hybridized carbons (Fsp3) is 0.588. The second kappa shape index (κ2) is 7.53. The summed E-state index contributed by atoms with van der Waals surface area (Å²) in [6.45, 7) is 5.37. The molecule has 1 heterocycles. The third-order valence-corrected chi connectivity index (χ3v) is 3.88. The first-order valence-corrected chi connectivity index (χ1v) is 7.93. The Kier molecular flexibility index (Phi) is 5.87. The number of alkyl halides is 3. The Morgan fingerprint density at radius 2 is 1.92 bits per heavy atom. The van der Waals surface area contributed by atoms with Crippen LogP contribution in [0, 0.1) is 0 Å². The lowest BCUT2D eigenvalue weighted by atomic mass is 10.1. The van der Waals surface area contributed by atoms with Crippen molar-refractivity contribution >= 4 is 5.91 Å². The number of halogens is 3. The fourth-order valence-corrected chi connectivity index (χ4v) is 2.93. The SMILES string of the molecule is CC1CN(C(=O)CN(C)Cc2cccc(C(F)(F)F)c2)CC(C)O1. The standard InChI is InChI=1S/C17H23F3N2O2/c1-12-8-22(9-13(2)24-12)16(23)11-21(3)10-14-5-4-6-15(7-14)17(18,19)20/h4-7,12-13H,8-11H2,1-3H3. The molecule has 134 valence electrons. The Morgan fingerprint density at radius 3 is 2.50 bits per heavy atom. The van der Waals surface area contributed by atoms with Crippen LogP contribution in [0.4, 0.5) is 13.2 Å². The van der Waals surface area contributed by atoms with Gasteiger partial charge in [-0.2, -0.15) is 13.2 Å². The van der Waals surface area contributed by atoms with Gasteiger partial charge in [-0.25, -0.2) is 0 Å². The highest BCUT2D eigenvalue weighted by Crippen LogP contribution is 2.29. The Hall–Kier alpha value is -1.60. The van der Waals surface area contributed by atoms with Gasteiger partial charge in [-0.15, -0.1) is 0 Å². The summed E-state index contributed by atoms with van der Waals surface area (Å²) in [5.41, 5.74) is -0.139. The molecule has 0 spiro atoms. The molecular weight excluding hydrogens is 321 g/mol. The molecule has 0 bridgehead atoms. The molecule has 1 aliphatic heterocycles. The monoisotopic (exact) mass is 344 g/mol. The number of hydrogen-bond acceptors (Lipinski definition) is 3. The van der Waals surface area contributed by atoms with Crippen LogP contribution in [0.5, 0.6) is 0 Å². The molecule has 24 heavy (non-hydrogen) atoms. The Bertz CT molecular complexity index is 567. The molecule has 1 fully saturated rings. The fourth-order valence-electron chi connectivity index (χ4n) is 2.93. The lowest BCUT2D eigenvalue weighted by molar-refractivity contribution is -0.144. The largest absolute Gasteiger partial charge is 0.416 e. The van der Waals surface area contributed by atoms with Gasteiger partial charge in [-0.05, 0) is 32.5 Å². The number of hydrogen-bond donors (Lipinski definition) is 0. The van der Waals surface area contributed by atoms with E-state index in [9.17, 15) is 18.0 Å². The number of benzene rings is 1. The van der Waals surface area contributed by atoms with Crippen LogP contribution in [0.1, 0.15) is 25.0 Å². The Labute approximate surface area is 140 Å². The Morgan fingerprint density at radius 1 is 1.29 bits per heavy atom. The molecular formula is C17H23F3N2O2. The molecule has 0 N–H and O–H groups in total. The summed E-state index contributed by atoms with van der Waals surface area (Å²) in [7, 11) is 1.73. The third kappa shape index (κ3) is 5.21. The van der Waals surface area contributed by atoms with E-state index in [0.29, 0.717) is 18.7 Å². The number of ether oxygens (including phenoxy) is 1. The molecule has 0 aliphatic carbocycles. The maximum Gasteiger partial charge on any atom is 0.416 e. The number of carbonyl (C=O) groups excluding carboxylic acids is 1. The summed E-state index contributed by atoms with van der Waals surface area (Å²) in [5.74, 6) is -0.0357. The zero-order valence-corrected chi connectivity index (χ0v) is 14.1. The van der Waals surface area contributed by atoms with Crippen LogP contribution in [-0.4, -0.2) is 54.6 Å². The van der Waals surface area contributed by atoms with E-state index >= 15 is 0 Å². The number of carbonyl (C=O) groups is 1. The summed E-state index contributed by atoms with van der Waals surface area (Å²) < 4.78 is 43.8. The maximum atomic E-state index is 12.7. The molecule has 2 unspecified atom stereocenters. The third-order valence-electron chi connectivity index (χ3n) is 3.88. The molecule has 0 saturated carbocycles. The van der Waals surface area contributed by atoms with E-state index < -0.39 is 11.7 Å². The first-order chi connectivity index (χ1) is 11.1. The van der Waals surface area contributed by atoms with E-state index in [1.54, 1.807) is 22.9 Å². The van der Waals surface area contributed by atoms with E-state index in [0.717, 1.165) is 12.1 Å². The van der Waals surface area contributed by atoms with Crippen molar-refractivity contribution in [1.82, 2.24) is 9.80 Å². The van der Waals surface area contributed by atoms with Crippen molar-refractivity contribution in [2.45, 2.75) is 38.8 Å². The van der Waals surface area contributed by atoms with Crippen LogP contribution in [0.2, 0.25) is 0 Å². The van der Waals surface area contributed by atoms with Crippen LogP contribution in [-0.2, 0) is 22.3 Å². The van der Waals surface area contributed by atoms with Gasteiger partial charge in [0.15, 0.2) is 0 Å². The van der Waals surface area contributed by atoms with E-state index in [-0.39, 0.29) is 31.2 Å². The van der Waals surface area contributed by atoms with Crippen molar-refractivity contribution in [3.05, 3.63) is 35.4 Å². The van der Waals surface area contributed by atoms with Gasteiger partial charge in [-0.3, -0.25) is 9.69 Å². The van der Waals surface area contributed by atoms with E-state index in [4.69, 9.17) is 4.74 Å². The Balaban J connectivity index is 1.93. The molecule has 1 aliphatic rings. The molecule has 4 nitrogen and oxygen atoms in total. The van der Waals surface area contributed by atoms with Crippen LogP contribution in [0.3, 0.4) is 0 Å².